The van der Waals surface area contributed by atoms with Gasteiger partial charge in [-0.2, -0.15) is 0 Å². The first kappa shape index (κ1) is 13.4. The van der Waals surface area contributed by atoms with Gasteiger partial charge in [0, 0.05) is 25.3 Å². The average Bonchev–Trinajstić information content (AvgIpc) is 2.12. The summed E-state index contributed by atoms with van der Waals surface area (Å²) in [5.74, 6) is -0.276. The molecule has 0 aromatic rings. The summed E-state index contributed by atoms with van der Waals surface area (Å²) in [6.45, 7) is 4.69. The Kier molecular flexibility index (Phi) is 7.47. The highest BCUT2D eigenvalue weighted by Gasteiger charge is 2.10. The fourth-order valence-corrected chi connectivity index (χ4v) is 1.42. The van der Waals surface area contributed by atoms with Crippen molar-refractivity contribution in [3.8, 4) is 0 Å². The lowest BCUT2D eigenvalue weighted by molar-refractivity contribution is -0.143. The van der Waals surface area contributed by atoms with Crippen molar-refractivity contribution < 1.29 is 14.3 Å². The highest BCUT2D eigenvalue weighted by Crippen LogP contribution is 1.96. The second-order valence-electron chi connectivity index (χ2n) is 2.75. The maximum Gasteiger partial charge on any atom is 0.307 e. The summed E-state index contributed by atoms with van der Waals surface area (Å²) < 4.78 is 4.76. The fraction of sp³-hybridized carbons (Fsp3) is 0.778. The zero-order chi connectivity index (χ0) is 11.0. The number of hydrogen-bond donors (Lipinski definition) is 0. The lowest BCUT2D eigenvalue weighted by atomic mass is 10.3. The molecule has 0 fully saturated rings. The van der Waals surface area contributed by atoms with Gasteiger partial charge in [-0.25, -0.2) is 0 Å². The number of nitrogens with zero attached hydrogens (tertiary/aromatic N) is 1. The van der Waals surface area contributed by atoms with Crippen molar-refractivity contribution in [2.45, 2.75) is 20.3 Å². The lowest BCUT2D eigenvalue weighted by Crippen LogP contribution is -2.32. The van der Waals surface area contributed by atoms with Crippen LogP contribution in [0.1, 0.15) is 20.3 Å². The molecule has 0 aliphatic heterocycles. The van der Waals surface area contributed by atoms with Gasteiger partial charge in [0.2, 0.25) is 5.91 Å². The summed E-state index contributed by atoms with van der Waals surface area (Å²) in [5, 5.41) is 0.718. The first-order chi connectivity index (χ1) is 6.61. The van der Waals surface area contributed by atoms with Gasteiger partial charge in [0.05, 0.1) is 13.0 Å². The van der Waals surface area contributed by atoms with Crippen molar-refractivity contribution in [2.24, 2.45) is 0 Å². The predicted octanol–water partition coefficient (Wildman–Crippen LogP) is 1.18. The predicted molar refractivity (Wildman–Crippen MR) is 57.3 cm³/mol. The molecule has 0 aromatic carbocycles. The van der Waals surface area contributed by atoms with Gasteiger partial charge >= 0.3 is 5.97 Å². The van der Waals surface area contributed by atoms with Gasteiger partial charge in [-0.1, -0.05) is 15.9 Å². The molecule has 0 saturated heterocycles. The third-order valence-corrected chi connectivity index (χ3v) is 2.05. The van der Waals surface area contributed by atoms with E-state index >= 15 is 0 Å². The van der Waals surface area contributed by atoms with Crippen molar-refractivity contribution >= 4 is 27.8 Å². The first-order valence-corrected chi connectivity index (χ1v) is 5.71. The van der Waals surface area contributed by atoms with Gasteiger partial charge in [0.15, 0.2) is 0 Å². The maximum atomic E-state index is 11.1. The smallest absolute Gasteiger partial charge is 0.307 e. The molecule has 0 aliphatic carbocycles. The lowest BCUT2D eigenvalue weighted by Gasteiger charge is -2.18. The van der Waals surface area contributed by atoms with E-state index in [0.29, 0.717) is 19.7 Å². The van der Waals surface area contributed by atoms with E-state index in [1.807, 2.05) is 0 Å². The van der Waals surface area contributed by atoms with E-state index in [4.69, 9.17) is 4.74 Å². The van der Waals surface area contributed by atoms with Crippen LogP contribution >= 0.6 is 15.9 Å². The van der Waals surface area contributed by atoms with E-state index in [-0.39, 0.29) is 18.3 Å². The normalized spacial score (nSPS) is 9.64. The summed E-state index contributed by atoms with van der Waals surface area (Å²) >= 11 is 3.25. The van der Waals surface area contributed by atoms with Crippen molar-refractivity contribution in [3.63, 3.8) is 0 Å². The summed E-state index contributed by atoms with van der Waals surface area (Å²) in [7, 11) is 0. The van der Waals surface area contributed by atoms with Crippen LogP contribution in [0.3, 0.4) is 0 Å². The van der Waals surface area contributed by atoms with Crippen LogP contribution in [0, 0.1) is 0 Å². The molecule has 4 nitrogen and oxygen atoms in total. The zero-order valence-electron chi connectivity index (χ0n) is 8.59. The highest BCUT2D eigenvalue weighted by atomic mass is 79.9. The van der Waals surface area contributed by atoms with Gasteiger partial charge in [-0.3, -0.25) is 9.59 Å². The van der Waals surface area contributed by atoms with Crippen LogP contribution in [0.2, 0.25) is 0 Å². The van der Waals surface area contributed by atoms with Crippen LogP contribution < -0.4 is 0 Å². The third kappa shape index (κ3) is 5.96. The number of carbonyl (C=O) groups is 2. The Bertz CT molecular complexity index is 196. The minimum atomic E-state index is -0.256. The van der Waals surface area contributed by atoms with Crippen LogP contribution in [0.4, 0.5) is 0 Å². The topological polar surface area (TPSA) is 46.6 Å². The largest absolute Gasteiger partial charge is 0.466 e. The molecule has 0 radical (unpaired) electrons. The molecule has 0 unspecified atom stereocenters. The molecule has 14 heavy (non-hydrogen) atoms. The SMILES string of the molecule is CCOC(=O)CCN(CCBr)C(C)=O. The van der Waals surface area contributed by atoms with Gasteiger partial charge < -0.3 is 9.64 Å². The molecule has 0 rings (SSSR count). The van der Waals surface area contributed by atoms with Gasteiger partial charge in [-0.15, -0.1) is 0 Å². The van der Waals surface area contributed by atoms with Crippen molar-refractivity contribution in [3.05, 3.63) is 0 Å². The molecule has 0 heterocycles. The van der Waals surface area contributed by atoms with Crippen LogP contribution in [0.15, 0.2) is 0 Å². The fourth-order valence-electron chi connectivity index (χ4n) is 0.988. The molecule has 82 valence electrons. The second kappa shape index (κ2) is 7.79. The minimum absolute atomic E-state index is 0.0197. The molecular formula is C9H16BrNO3. The molecule has 1 amide bonds. The molecular weight excluding hydrogens is 250 g/mol. The van der Waals surface area contributed by atoms with Crippen LogP contribution in [0.25, 0.3) is 0 Å². The first-order valence-electron chi connectivity index (χ1n) is 4.59. The van der Waals surface area contributed by atoms with Crippen LogP contribution in [0.5, 0.6) is 0 Å². The summed E-state index contributed by atoms with van der Waals surface area (Å²) in [6.07, 6.45) is 0.264. The summed E-state index contributed by atoms with van der Waals surface area (Å²) in [4.78, 5) is 23.7. The van der Waals surface area contributed by atoms with Gasteiger partial charge in [0.25, 0.3) is 0 Å². The summed E-state index contributed by atoms with van der Waals surface area (Å²) in [5.41, 5.74) is 0. The molecule has 0 saturated carbocycles. The zero-order valence-corrected chi connectivity index (χ0v) is 10.2. The Hall–Kier alpha value is -0.580. The Morgan fingerprint density at radius 3 is 2.43 bits per heavy atom. The summed E-state index contributed by atoms with van der Waals surface area (Å²) in [6, 6.07) is 0. The van der Waals surface area contributed by atoms with E-state index in [1.54, 1.807) is 11.8 Å². The quantitative estimate of drug-likeness (QED) is 0.535. The minimum Gasteiger partial charge on any atom is -0.466 e. The van der Waals surface area contributed by atoms with Crippen molar-refractivity contribution in [1.29, 1.82) is 0 Å². The monoisotopic (exact) mass is 265 g/mol. The molecule has 0 bridgehead atoms. The second-order valence-corrected chi connectivity index (χ2v) is 3.54. The number of halogens is 1. The molecule has 0 aliphatic rings. The van der Waals surface area contributed by atoms with Gasteiger partial charge in [0.1, 0.15) is 0 Å². The van der Waals surface area contributed by atoms with Crippen LogP contribution in [-0.2, 0) is 14.3 Å². The van der Waals surface area contributed by atoms with Crippen molar-refractivity contribution in [2.75, 3.05) is 25.0 Å². The number of esters is 1. The number of rotatable bonds is 6. The van der Waals surface area contributed by atoms with E-state index < -0.39 is 0 Å². The maximum absolute atomic E-state index is 11.1. The van der Waals surface area contributed by atoms with Crippen molar-refractivity contribution in [1.82, 2.24) is 4.90 Å². The average molecular weight is 266 g/mol. The van der Waals surface area contributed by atoms with Gasteiger partial charge in [-0.05, 0) is 6.92 Å². The Labute approximate surface area is 92.7 Å². The molecule has 0 atom stereocenters. The third-order valence-electron chi connectivity index (χ3n) is 1.69. The number of alkyl halides is 1. The number of amides is 1. The number of hydrogen-bond acceptors (Lipinski definition) is 3. The molecule has 0 aromatic heterocycles. The Balaban J connectivity index is 3.81. The molecule has 0 spiro atoms. The number of ether oxygens (including phenoxy) is 1. The van der Waals surface area contributed by atoms with E-state index in [9.17, 15) is 9.59 Å². The molecule has 0 N–H and O–H groups in total. The molecule has 5 heteroatoms. The van der Waals surface area contributed by atoms with E-state index in [1.165, 1.54) is 6.92 Å². The van der Waals surface area contributed by atoms with E-state index in [0.717, 1.165) is 5.33 Å². The highest BCUT2D eigenvalue weighted by molar-refractivity contribution is 9.09. The number of carbonyl (C=O) groups excluding carboxylic acids is 2. The Morgan fingerprint density at radius 1 is 1.36 bits per heavy atom. The Morgan fingerprint density at radius 2 is 2.00 bits per heavy atom. The van der Waals surface area contributed by atoms with Crippen LogP contribution in [-0.4, -0.2) is 41.8 Å². The van der Waals surface area contributed by atoms with E-state index in [2.05, 4.69) is 15.9 Å². The standard InChI is InChI=1S/C9H16BrNO3/c1-3-14-9(13)4-6-11(7-5-10)8(2)12/h3-7H2,1-2H3.